The zero-order valence-electron chi connectivity index (χ0n) is 8.62. The minimum Gasteiger partial charge on any atom is -0.481 e. The highest BCUT2D eigenvalue weighted by Crippen LogP contribution is 2.18. The fourth-order valence-corrected chi connectivity index (χ4v) is 1.49. The number of carboxylic acids is 1. The van der Waals surface area contributed by atoms with Crippen molar-refractivity contribution in [3.63, 3.8) is 0 Å². The van der Waals surface area contributed by atoms with Crippen molar-refractivity contribution in [2.45, 2.75) is 12.8 Å². The smallest absolute Gasteiger partial charge is 0.306 e. The van der Waals surface area contributed by atoms with Crippen molar-refractivity contribution < 1.29 is 18.7 Å². The molecule has 0 aromatic heterocycles. The first-order valence-corrected chi connectivity index (χ1v) is 4.92. The summed E-state index contributed by atoms with van der Waals surface area (Å²) in [6.07, 6.45) is 0.0220. The number of carbonyl (C=O) groups is 1. The van der Waals surface area contributed by atoms with E-state index in [4.69, 9.17) is 10.8 Å². The second-order valence-corrected chi connectivity index (χ2v) is 3.52. The lowest BCUT2D eigenvalue weighted by molar-refractivity contribution is -0.141. The predicted octanol–water partition coefficient (Wildman–Crippen LogP) is 1.56. The van der Waals surface area contributed by atoms with E-state index in [0.717, 1.165) is 12.1 Å². The molecule has 0 aliphatic carbocycles. The summed E-state index contributed by atoms with van der Waals surface area (Å²) in [5.74, 6) is -3.38. The van der Waals surface area contributed by atoms with Crippen LogP contribution in [0.15, 0.2) is 18.2 Å². The molecule has 0 heterocycles. The maximum atomic E-state index is 13.3. The monoisotopic (exact) mass is 229 g/mol. The summed E-state index contributed by atoms with van der Waals surface area (Å²) in [5.41, 5.74) is 5.05. The van der Waals surface area contributed by atoms with Gasteiger partial charge in [0.25, 0.3) is 0 Å². The second-order valence-electron chi connectivity index (χ2n) is 3.52. The Labute approximate surface area is 91.9 Å². The van der Waals surface area contributed by atoms with Crippen LogP contribution in [-0.4, -0.2) is 17.6 Å². The molecule has 1 rings (SSSR count). The summed E-state index contributed by atoms with van der Waals surface area (Å²) in [7, 11) is 0. The molecule has 1 atom stereocenters. The van der Waals surface area contributed by atoms with Crippen molar-refractivity contribution in [1.82, 2.24) is 0 Å². The fraction of sp³-hybridized carbons (Fsp3) is 0.364. The van der Waals surface area contributed by atoms with Crippen molar-refractivity contribution in [2.75, 3.05) is 6.54 Å². The maximum Gasteiger partial charge on any atom is 0.306 e. The number of nitrogens with two attached hydrogens (primary N) is 1. The largest absolute Gasteiger partial charge is 0.481 e. The highest BCUT2D eigenvalue weighted by Gasteiger charge is 2.20. The molecule has 0 radical (unpaired) electrons. The lowest BCUT2D eigenvalue weighted by Gasteiger charge is -2.12. The van der Waals surface area contributed by atoms with Crippen LogP contribution in [0.1, 0.15) is 12.0 Å². The summed E-state index contributed by atoms with van der Waals surface area (Å²) in [6, 6.07) is 3.46. The van der Waals surface area contributed by atoms with Gasteiger partial charge in [-0.25, -0.2) is 8.78 Å². The van der Waals surface area contributed by atoms with E-state index in [1.165, 1.54) is 6.07 Å². The molecule has 1 unspecified atom stereocenters. The van der Waals surface area contributed by atoms with Crippen LogP contribution in [0.5, 0.6) is 0 Å². The van der Waals surface area contributed by atoms with Crippen LogP contribution in [-0.2, 0) is 11.2 Å². The number of rotatable bonds is 5. The third kappa shape index (κ3) is 3.00. The van der Waals surface area contributed by atoms with E-state index in [9.17, 15) is 13.6 Å². The van der Waals surface area contributed by atoms with E-state index in [1.54, 1.807) is 0 Å². The Balaban J connectivity index is 2.89. The average molecular weight is 229 g/mol. The van der Waals surface area contributed by atoms with Gasteiger partial charge in [-0.3, -0.25) is 4.79 Å². The van der Waals surface area contributed by atoms with Gasteiger partial charge >= 0.3 is 5.97 Å². The molecule has 0 aliphatic heterocycles. The van der Waals surface area contributed by atoms with Crippen molar-refractivity contribution in [2.24, 2.45) is 11.7 Å². The van der Waals surface area contributed by atoms with Crippen molar-refractivity contribution in [3.05, 3.63) is 35.4 Å². The molecule has 0 fully saturated rings. The number of halogens is 2. The van der Waals surface area contributed by atoms with Crippen LogP contribution in [0.3, 0.4) is 0 Å². The van der Waals surface area contributed by atoms with Gasteiger partial charge in [-0.15, -0.1) is 0 Å². The van der Waals surface area contributed by atoms with E-state index in [1.807, 2.05) is 0 Å². The molecule has 88 valence electrons. The van der Waals surface area contributed by atoms with Crippen LogP contribution < -0.4 is 5.73 Å². The van der Waals surface area contributed by atoms with Gasteiger partial charge in [0, 0.05) is 5.56 Å². The Morgan fingerprint density at radius 2 is 1.94 bits per heavy atom. The quantitative estimate of drug-likeness (QED) is 0.805. The Morgan fingerprint density at radius 3 is 2.38 bits per heavy atom. The van der Waals surface area contributed by atoms with Crippen molar-refractivity contribution in [3.8, 4) is 0 Å². The van der Waals surface area contributed by atoms with Gasteiger partial charge in [0.2, 0.25) is 0 Å². The summed E-state index contributed by atoms with van der Waals surface area (Å²) < 4.78 is 26.5. The molecule has 1 aromatic carbocycles. The second kappa shape index (κ2) is 5.55. The van der Waals surface area contributed by atoms with E-state index >= 15 is 0 Å². The van der Waals surface area contributed by atoms with Crippen LogP contribution >= 0.6 is 0 Å². The standard InChI is InChI=1S/C11H13F2NO2/c12-9-2-1-3-10(13)8(9)6-7(4-5-14)11(15)16/h1-3,7H,4-6,14H2,(H,15,16). The van der Waals surface area contributed by atoms with E-state index in [0.29, 0.717) is 0 Å². The molecule has 0 spiro atoms. The van der Waals surface area contributed by atoms with Gasteiger partial charge in [0.15, 0.2) is 0 Å². The molecule has 5 heteroatoms. The molecule has 3 nitrogen and oxygen atoms in total. The zero-order valence-corrected chi connectivity index (χ0v) is 8.62. The van der Waals surface area contributed by atoms with Crippen LogP contribution in [0.4, 0.5) is 8.78 Å². The summed E-state index contributed by atoms with van der Waals surface area (Å²) in [4.78, 5) is 10.8. The number of hydrogen-bond acceptors (Lipinski definition) is 2. The summed E-state index contributed by atoms with van der Waals surface area (Å²) >= 11 is 0. The maximum absolute atomic E-state index is 13.3. The molecular formula is C11H13F2NO2. The minimum absolute atomic E-state index is 0.174. The highest BCUT2D eigenvalue weighted by atomic mass is 19.1. The van der Waals surface area contributed by atoms with Crippen LogP contribution in [0, 0.1) is 17.6 Å². The highest BCUT2D eigenvalue weighted by molar-refractivity contribution is 5.70. The van der Waals surface area contributed by atoms with Gasteiger partial charge in [-0.05, 0) is 31.5 Å². The third-order valence-corrected chi connectivity index (χ3v) is 2.38. The topological polar surface area (TPSA) is 63.3 Å². The van der Waals surface area contributed by atoms with E-state index in [-0.39, 0.29) is 24.9 Å². The van der Waals surface area contributed by atoms with Gasteiger partial charge in [-0.1, -0.05) is 6.07 Å². The number of hydrogen-bond donors (Lipinski definition) is 2. The third-order valence-electron chi connectivity index (χ3n) is 2.38. The molecule has 0 saturated heterocycles. The van der Waals surface area contributed by atoms with Crippen molar-refractivity contribution in [1.29, 1.82) is 0 Å². The Hall–Kier alpha value is -1.49. The SMILES string of the molecule is NCCC(Cc1c(F)cccc1F)C(=O)O. The molecule has 1 aromatic rings. The molecular weight excluding hydrogens is 216 g/mol. The predicted molar refractivity (Wildman–Crippen MR) is 54.9 cm³/mol. The summed E-state index contributed by atoms with van der Waals surface area (Å²) in [6.45, 7) is 0.174. The lowest BCUT2D eigenvalue weighted by Crippen LogP contribution is -2.21. The van der Waals surface area contributed by atoms with E-state index in [2.05, 4.69) is 0 Å². The van der Waals surface area contributed by atoms with E-state index < -0.39 is 23.5 Å². The van der Waals surface area contributed by atoms with Crippen LogP contribution in [0.25, 0.3) is 0 Å². The molecule has 16 heavy (non-hydrogen) atoms. The molecule has 0 bridgehead atoms. The first-order valence-electron chi connectivity index (χ1n) is 4.92. The first kappa shape index (κ1) is 12.6. The first-order chi connectivity index (χ1) is 7.56. The Morgan fingerprint density at radius 1 is 1.38 bits per heavy atom. The lowest BCUT2D eigenvalue weighted by atomic mass is 9.95. The molecule has 0 amide bonds. The fourth-order valence-electron chi connectivity index (χ4n) is 1.49. The van der Waals surface area contributed by atoms with Crippen LogP contribution in [0.2, 0.25) is 0 Å². The molecule has 0 saturated carbocycles. The number of aliphatic carboxylic acids is 1. The van der Waals surface area contributed by atoms with Gasteiger partial charge < -0.3 is 10.8 Å². The Bertz CT molecular complexity index is 362. The minimum atomic E-state index is -1.09. The summed E-state index contributed by atoms with van der Waals surface area (Å²) in [5, 5.41) is 8.85. The molecule has 3 N–H and O–H groups in total. The number of benzene rings is 1. The van der Waals surface area contributed by atoms with Crippen molar-refractivity contribution >= 4 is 5.97 Å². The molecule has 0 aliphatic rings. The normalized spacial score (nSPS) is 12.4. The van der Waals surface area contributed by atoms with Gasteiger partial charge in [0.05, 0.1) is 5.92 Å². The van der Waals surface area contributed by atoms with Gasteiger partial charge in [-0.2, -0.15) is 0 Å². The number of carboxylic acid groups (broad SMARTS) is 1. The average Bonchev–Trinajstić information content (AvgIpc) is 2.21. The Kier molecular flexibility index (Phi) is 4.37. The zero-order chi connectivity index (χ0) is 12.1. The van der Waals surface area contributed by atoms with Gasteiger partial charge in [0.1, 0.15) is 11.6 Å².